The Morgan fingerprint density at radius 3 is 2.77 bits per heavy atom. The molecule has 0 aliphatic rings. The lowest BCUT2D eigenvalue weighted by Crippen LogP contribution is -2.06. The summed E-state index contributed by atoms with van der Waals surface area (Å²) < 4.78 is 1.73. The van der Waals surface area contributed by atoms with Crippen LogP contribution in [0.4, 0.5) is 17.2 Å². The van der Waals surface area contributed by atoms with Crippen LogP contribution in [0.5, 0.6) is 0 Å². The van der Waals surface area contributed by atoms with Crippen LogP contribution in [-0.2, 0) is 11.8 Å². The molecule has 0 radical (unpaired) electrons. The van der Waals surface area contributed by atoms with Crippen molar-refractivity contribution < 1.29 is 4.79 Å². The van der Waals surface area contributed by atoms with E-state index in [9.17, 15) is 4.79 Å². The van der Waals surface area contributed by atoms with Gasteiger partial charge in [0.25, 0.3) is 0 Å². The van der Waals surface area contributed by atoms with Crippen LogP contribution in [0.2, 0.25) is 0 Å². The van der Waals surface area contributed by atoms with E-state index in [-0.39, 0.29) is 5.91 Å². The first-order valence-electron chi connectivity index (χ1n) is 6.83. The van der Waals surface area contributed by atoms with E-state index in [2.05, 4.69) is 25.7 Å². The number of aryl methyl sites for hydroxylation is 2. The lowest BCUT2D eigenvalue weighted by atomic mass is 10.2. The van der Waals surface area contributed by atoms with Crippen LogP contribution in [0.15, 0.2) is 30.6 Å². The number of nitrogens with zero attached hydrogens (tertiary/aromatic N) is 4. The van der Waals surface area contributed by atoms with Crippen molar-refractivity contribution >= 4 is 34.1 Å². The third-order valence-electron chi connectivity index (χ3n) is 3.24. The van der Waals surface area contributed by atoms with E-state index in [0.29, 0.717) is 5.82 Å². The quantitative estimate of drug-likeness (QED) is 0.775. The second kappa shape index (κ2) is 5.44. The van der Waals surface area contributed by atoms with E-state index >= 15 is 0 Å². The number of aromatic nitrogens is 4. The lowest BCUT2D eigenvalue weighted by Gasteiger charge is -2.09. The third kappa shape index (κ3) is 2.60. The van der Waals surface area contributed by atoms with Crippen LogP contribution in [0.25, 0.3) is 11.0 Å². The zero-order valence-corrected chi connectivity index (χ0v) is 12.6. The fourth-order valence-electron chi connectivity index (χ4n) is 2.39. The summed E-state index contributed by atoms with van der Waals surface area (Å²) in [6.07, 6.45) is 1.50. The number of amides is 1. The molecule has 0 aliphatic carbocycles. The molecule has 3 aromatic rings. The second-order valence-electron chi connectivity index (χ2n) is 5.02. The third-order valence-corrected chi connectivity index (χ3v) is 3.24. The van der Waals surface area contributed by atoms with Crippen molar-refractivity contribution in [1.82, 2.24) is 19.7 Å². The number of anilines is 3. The molecule has 1 amide bonds. The van der Waals surface area contributed by atoms with Gasteiger partial charge in [-0.25, -0.2) is 9.97 Å². The monoisotopic (exact) mass is 296 g/mol. The van der Waals surface area contributed by atoms with Crippen molar-refractivity contribution in [1.29, 1.82) is 0 Å². The summed E-state index contributed by atoms with van der Waals surface area (Å²) in [4.78, 5) is 19.7. The number of nitrogens with one attached hydrogen (secondary N) is 2. The molecule has 3 rings (SSSR count). The average Bonchev–Trinajstić information content (AvgIpc) is 2.75. The van der Waals surface area contributed by atoms with Crippen molar-refractivity contribution in [2.45, 2.75) is 13.8 Å². The molecule has 0 unspecified atom stereocenters. The van der Waals surface area contributed by atoms with Gasteiger partial charge >= 0.3 is 0 Å². The molecule has 2 aromatic heterocycles. The van der Waals surface area contributed by atoms with Gasteiger partial charge in [0.05, 0.1) is 11.1 Å². The number of benzene rings is 1. The summed E-state index contributed by atoms with van der Waals surface area (Å²) in [6.45, 7) is 3.40. The van der Waals surface area contributed by atoms with Crippen LogP contribution in [0.3, 0.4) is 0 Å². The van der Waals surface area contributed by atoms with Gasteiger partial charge < -0.3 is 10.6 Å². The Morgan fingerprint density at radius 1 is 1.23 bits per heavy atom. The topological polar surface area (TPSA) is 84.7 Å². The first-order valence-corrected chi connectivity index (χ1v) is 6.83. The first-order chi connectivity index (χ1) is 10.5. The van der Waals surface area contributed by atoms with Gasteiger partial charge in [-0.2, -0.15) is 5.10 Å². The Kier molecular flexibility index (Phi) is 3.46. The Morgan fingerprint density at radius 2 is 2.00 bits per heavy atom. The first kappa shape index (κ1) is 14.0. The van der Waals surface area contributed by atoms with Crippen LogP contribution in [0, 0.1) is 6.92 Å². The second-order valence-corrected chi connectivity index (χ2v) is 5.02. The summed E-state index contributed by atoms with van der Waals surface area (Å²) >= 11 is 0. The highest BCUT2D eigenvalue weighted by molar-refractivity contribution is 5.92. The molecule has 0 aliphatic heterocycles. The fraction of sp³-hybridized carbons (Fsp3) is 0.200. The highest BCUT2D eigenvalue weighted by atomic mass is 16.1. The minimum absolute atomic E-state index is 0.107. The predicted molar refractivity (Wildman–Crippen MR) is 85.1 cm³/mol. The highest BCUT2D eigenvalue weighted by Gasteiger charge is 2.12. The van der Waals surface area contributed by atoms with Crippen molar-refractivity contribution in [3.05, 3.63) is 36.3 Å². The molecule has 0 atom stereocenters. The minimum atomic E-state index is -0.107. The summed E-state index contributed by atoms with van der Waals surface area (Å²) in [7, 11) is 1.85. The van der Waals surface area contributed by atoms with Gasteiger partial charge in [0.2, 0.25) is 5.91 Å². The summed E-state index contributed by atoms with van der Waals surface area (Å²) in [5.74, 6) is 0.584. The van der Waals surface area contributed by atoms with E-state index in [4.69, 9.17) is 0 Å². The van der Waals surface area contributed by atoms with Gasteiger partial charge in [0.15, 0.2) is 5.65 Å². The van der Waals surface area contributed by atoms with Gasteiger partial charge in [-0.1, -0.05) is 6.07 Å². The molecule has 2 N–H and O–H groups in total. The zero-order valence-electron chi connectivity index (χ0n) is 12.6. The Bertz CT molecular complexity index is 854. The predicted octanol–water partition coefficient (Wildman–Crippen LogP) is 2.37. The van der Waals surface area contributed by atoms with Gasteiger partial charge in [0.1, 0.15) is 12.1 Å². The molecule has 22 heavy (non-hydrogen) atoms. The smallest absolute Gasteiger partial charge is 0.221 e. The Balaban J connectivity index is 1.98. The number of fused-ring (bicyclic) bond motifs is 1. The van der Waals surface area contributed by atoms with Gasteiger partial charge in [-0.05, 0) is 25.1 Å². The van der Waals surface area contributed by atoms with E-state index in [1.165, 1.54) is 13.3 Å². The molecule has 7 heteroatoms. The van der Waals surface area contributed by atoms with Crippen molar-refractivity contribution in [2.24, 2.45) is 7.05 Å². The normalized spacial score (nSPS) is 10.7. The summed E-state index contributed by atoms with van der Waals surface area (Å²) in [5, 5.41) is 11.3. The standard InChI is InChI=1S/C15H16N6O/c1-9-13-14(16-8-17-15(13)21(3)20-9)19-12-6-4-5-11(7-12)18-10(2)22/h4-8H,1-3H3,(H,18,22)(H,16,17,19). The molecule has 1 aromatic carbocycles. The zero-order chi connectivity index (χ0) is 15.7. The summed E-state index contributed by atoms with van der Waals surface area (Å²) in [5.41, 5.74) is 3.19. The maximum Gasteiger partial charge on any atom is 0.221 e. The van der Waals surface area contributed by atoms with Crippen LogP contribution in [-0.4, -0.2) is 25.7 Å². The van der Waals surface area contributed by atoms with Crippen LogP contribution in [0.1, 0.15) is 12.6 Å². The number of rotatable bonds is 3. The molecule has 0 saturated heterocycles. The van der Waals surface area contributed by atoms with Gasteiger partial charge in [0, 0.05) is 25.3 Å². The molecular formula is C15H16N6O. The molecule has 2 heterocycles. The van der Waals surface area contributed by atoms with Crippen molar-refractivity contribution in [3.8, 4) is 0 Å². The number of carbonyl (C=O) groups is 1. The van der Waals surface area contributed by atoms with Crippen LogP contribution >= 0.6 is 0 Å². The van der Waals surface area contributed by atoms with E-state index in [1.807, 2.05) is 38.2 Å². The van der Waals surface area contributed by atoms with Crippen molar-refractivity contribution in [3.63, 3.8) is 0 Å². The molecule has 0 spiro atoms. The summed E-state index contributed by atoms with van der Waals surface area (Å²) in [6, 6.07) is 7.45. The molecule has 7 nitrogen and oxygen atoms in total. The number of carbonyl (C=O) groups excluding carboxylic acids is 1. The SMILES string of the molecule is CC(=O)Nc1cccc(Nc2ncnc3c2c(C)nn3C)c1. The van der Waals surface area contributed by atoms with E-state index in [1.54, 1.807) is 4.68 Å². The number of hydrogen-bond acceptors (Lipinski definition) is 5. The largest absolute Gasteiger partial charge is 0.339 e. The maximum atomic E-state index is 11.1. The molecular weight excluding hydrogens is 280 g/mol. The Labute approximate surface area is 127 Å². The average molecular weight is 296 g/mol. The highest BCUT2D eigenvalue weighted by Crippen LogP contribution is 2.26. The van der Waals surface area contributed by atoms with Gasteiger partial charge in [-0.15, -0.1) is 0 Å². The number of hydrogen-bond donors (Lipinski definition) is 2. The molecule has 112 valence electrons. The van der Waals surface area contributed by atoms with Crippen molar-refractivity contribution in [2.75, 3.05) is 10.6 Å². The Hall–Kier alpha value is -2.96. The molecule has 0 saturated carbocycles. The molecule has 0 fully saturated rings. The molecule has 0 bridgehead atoms. The van der Waals surface area contributed by atoms with Gasteiger partial charge in [-0.3, -0.25) is 9.48 Å². The fourth-order valence-corrected chi connectivity index (χ4v) is 2.39. The van der Waals surface area contributed by atoms with E-state index in [0.717, 1.165) is 28.1 Å². The lowest BCUT2D eigenvalue weighted by molar-refractivity contribution is -0.114. The van der Waals surface area contributed by atoms with Crippen LogP contribution < -0.4 is 10.6 Å². The maximum absolute atomic E-state index is 11.1. The van der Waals surface area contributed by atoms with E-state index < -0.39 is 0 Å². The minimum Gasteiger partial charge on any atom is -0.339 e.